The zero-order valence-corrected chi connectivity index (χ0v) is 18.5. The predicted octanol–water partition coefficient (Wildman–Crippen LogP) is 5.00. The van der Waals surface area contributed by atoms with Crippen molar-refractivity contribution < 1.29 is 23.7 Å². The molecule has 3 aromatic rings. The minimum atomic E-state index is -0.121. The first-order chi connectivity index (χ1) is 16.0. The van der Waals surface area contributed by atoms with Crippen molar-refractivity contribution in [3.63, 3.8) is 0 Å². The molecule has 6 rings (SSSR count). The van der Waals surface area contributed by atoms with Crippen LogP contribution in [0.2, 0.25) is 0 Å². The lowest BCUT2D eigenvalue weighted by Gasteiger charge is -2.30. The molecule has 0 atom stereocenters. The third-order valence-corrected chi connectivity index (χ3v) is 6.22. The number of aryl methyl sites for hydroxylation is 1. The van der Waals surface area contributed by atoms with E-state index in [4.69, 9.17) is 18.9 Å². The van der Waals surface area contributed by atoms with Gasteiger partial charge in [0.05, 0.1) is 5.56 Å². The molecule has 0 aromatic heterocycles. The van der Waals surface area contributed by atoms with Crippen LogP contribution in [0.25, 0.3) is 6.08 Å². The molecule has 3 heterocycles. The molecule has 0 fully saturated rings. The van der Waals surface area contributed by atoms with Crippen LogP contribution in [0, 0.1) is 13.8 Å². The molecule has 0 aliphatic carbocycles. The Labute approximate surface area is 191 Å². The molecular formula is C27H23NO5. The van der Waals surface area contributed by atoms with Crippen LogP contribution < -0.4 is 18.9 Å². The summed E-state index contributed by atoms with van der Waals surface area (Å²) in [6, 6.07) is 16.0. The van der Waals surface area contributed by atoms with E-state index in [1.807, 2.05) is 31.2 Å². The van der Waals surface area contributed by atoms with E-state index in [0.29, 0.717) is 41.8 Å². The fourth-order valence-electron chi connectivity index (χ4n) is 4.50. The third kappa shape index (κ3) is 3.52. The number of benzene rings is 3. The highest BCUT2D eigenvalue weighted by atomic mass is 16.7. The summed E-state index contributed by atoms with van der Waals surface area (Å²) in [7, 11) is 0. The normalized spacial score (nSPS) is 17.5. The first kappa shape index (κ1) is 19.9. The van der Waals surface area contributed by atoms with Gasteiger partial charge in [-0.15, -0.1) is 0 Å². The van der Waals surface area contributed by atoms with Crippen molar-refractivity contribution in [3.8, 4) is 23.0 Å². The van der Waals surface area contributed by atoms with E-state index in [9.17, 15) is 4.79 Å². The van der Waals surface area contributed by atoms with Crippen LogP contribution in [0.4, 0.5) is 0 Å². The smallest absolute Gasteiger partial charge is 0.231 e. The Hall–Kier alpha value is -3.77. The van der Waals surface area contributed by atoms with Crippen molar-refractivity contribution in [2.45, 2.75) is 26.9 Å². The summed E-state index contributed by atoms with van der Waals surface area (Å²) in [4.78, 5) is 15.4. The molecule has 0 saturated carbocycles. The van der Waals surface area contributed by atoms with Gasteiger partial charge in [-0.05, 0) is 49.2 Å². The van der Waals surface area contributed by atoms with Gasteiger partial charge in [0.2, 0.25) is 12.6 Å². The Morgan fingerprint density at radius 1 is 0.939 bits per heavy atom. The number of carbonyl (C=O) groups excluding carboxylic acids is 1. The molecule has 0 unspecified atom stereocenters. The highest BCUT2D eigenvalue weighted by Crippen LogP contribution is 2.43. The number of nitrogens with zero attached hydrogens (tertiary/aromatic N) is 1. The van der Waals surface area contributed by atoms with Crippen molar-refractivity contribution in [2.24, 2.45) is 0 Å². The monoisotopic (exact) mass is 441 g/mol. The molecule has 3 aliphatic rings. The van der Waals surface area contributed by atoms with E-state index in [-0.39, 0.29) is 12.6 Å². The molecule has 0 spiro atoms. The Balaban J connectivity index is 1.27. The van der Waals surface area contributed by atoms with Gasteiger partial charge in [0.1, 0.15) is 18.2 Å². The lowest BCUT2D eigenvalue weighted by Crippen LogP contribution is -2.32. The van der Waals surface area contributed by atoms with Crippen LogP contribution in [-0.2, 0) is 13.1 Å². The topological polar surface area (TPSA) is 57.2 Å². The standard InChI is InChI=1S/C27H23NO5/c1-16-3-5-18(6-4-16)12-28-13-20-11-21-25(29)24(33-27(21)17(2)26(20)30-14-28)10-19-7-8-22-23(9-19)32-15-31-22/h3-11H,12-15H2,1-2H3/b24-10-. The van der Waals surface area contributed by atoms with Crippen molar-refractivity contribution in [2.75, 3.05) is 13.5 Å². The summed E-state index contributed by atoms with van der Waals surface area (Å²) in [5.74, 6) is 2.94. The van der Waals surface area contributed by atoms with Crippen LogP contribution in [0.3, 0.4) is 0 Å². The van der Waals surface area contributed by atoms with Crippen molar-refractivity contribution in [3.05, 3.63) is 87.7 Å². The molecule has 0 saturated heterocycles. The minimum absolute atomic E-state index is 0.121. The number of fused-ring (bicyclic) bond motifs is 3. The molecule has 0 N–H and O–H groups in total. The SMILES string of the molecule is Cc1ccc(CN2COc3c(cc4c(c3C)O/C(=C\c3ccc5c(c3)OCO5)C4=O)C2)cc1. The largest absolute Gasteiger partial charge is 0.477 e. The van der Waals surface area contributed by atoms with Crippen LogP contribution in [-0.4, -0.2) is 24.2 Å². The minimum Gasteiger partial charge on any atom is -0.477 e. The van der Waals surface area contributed by atoms with Crippen LogP contribution in [0.1, 0.15) is 38.2 Å². The van der Waals surface area contributed by atoms with Gasteiger partial charge >= 0.3 is 0 Å². The quantitative estimate of drug-likeness (QED) is 0.533. The highest BCUT2D eigenvalue weighted by Gasteiger charge is 2.33. The number of hydrogen-bond acceptors (Lipinski definition) is 6. The van der Waals surface area contributed by atoms with Crippen molar-refractivity contribution in [1.82, 2.24) is 4.90 Å². The van der Waals surface area contributed by atoms with Gasteiger partial charge in [-0.3, -0.25) is 9.69 Å². The number of hydrogen-bond donors (Lipinski definition) is 0. The summed E-state index contributed by atoms with van der Waals surface area (Å²) in [6.07, 6.45) is 1.74. The number of ether oxygens (including phenoxy) is 4. The second kappa shape index (κ2) is 7.67. The summed E-state index contributed by atoms with van der Waals surface area (Å²) in [5.41, 5.74) is 5.75. The van der Waals surface area contributed by atoms with E-state index in [1.54, 1.807) is 6.08 Å². The van der Waals surface area contributed by atoms with E-state index in [0.717, 1.165) is 29.0 Å². The van der Waals surface area contributed by atoms with Crippen LogP contribution in [0.5, 0.6) is 23.0 Å². The van der Waals surface area contributed by atoms with Gasteiger partial charge in [-0.2, -0.15) is 0 Å². The van der Waals surface area contributed by atoms with E-state index < -0.39 is 0 Å². The Morgan fingerprint density at radius 3 is 2.61 bits per heavy atom. The number of ketones is 1. The van der Waals surface area contributed by atoms with E-state index in [2.05, 4.69) is 36.1 Å². The highest BCUT2D eigenvalue weighted by molar-refractivity contribution is 6.15. The predicted molar refractivity (Wildman–Crippen MR) is 123 cm³/mol. The summed E-state index contributed by atoms with van der Waals surface area (Å²) in [6.45, 7) is 6.24. The molecule has 6 heteroatoms. The van der Waals surface area contributed by atoms with Crippen molar-refractivity contribution >= 4 is 11.9 Å². The summed E-state index contributed by atoms with van der Waals surface area (Å²) < 4.78 is 22.9. The van der Waals surface area contributed by atoms with E-state index in [1.165, 1.54) is 11.1 Å². The lowest BCUT2D eigenvalue weighted by atomic mass is 9.99. The Kier molecular flexibility index (Phi) is 4.62. The van der Waals surface area contributed by atoms with Crippen molar-refractivity contribution in [1.29, 1.82) is 0 Å². The molecule has 166 valence electrons. The third-order valence-electron chi connectivity index (χ3n) is 6.22. The number of rotatable bonds is 3. The number of allylic oxidation sites excluding steroid dienone is 1. The average molecular weight is 441 g/mol. The van der Waals surface area contributed by atoms with Gasteiger partial charge in [0.15, 0.2) is 17.3 Å². The molecule has 0 radical (unpaired) electrons. The van der Waals surface area contributed by atoms with Gasteiger partial charge in [-0.25, -0.2) is 0 Å². The first-order valence-electron chi connectivity index (χ1n) is 11.0. The molecule has 3 aromatic carbocycles. The van der Waals surface area contributed by atoms with Gasteiger partial charge in [-0.1, -0.05) is 35.9 Å². The fraction of sp³-hybridized carbons (Fsp3) is 0.222. The summed E-state index contributed by atoms with van der Waals surface area (Å²) >= 11 is 0. The molecule has 33 heavy (non-hydrogen) atoms. The molecule has 0 bridgehead atoms. The molecule has 6 nitrogen and oxygen atoms in total. The number of Topliss-reactive ketones (excluding diaryl/α,β-unsaturated/α-hetero) is 1. The second-order valence-electron chi connectivity index (χ2n) is 8.67. The maximum atomic E-state index is 13.2. The zero-order valence-electron chi connectivity index (χ0n) is 18.5. The maximum Gasteiger partial charge on any atom is 0.231 e. The molecule has 3 aliphatic heterocycles. The fourth-order valence-corrected chi connectivity index (χ4v) is 4.50. The number of carbonyl (C=O) groups is 1. The van der Waals surface area contributed by atoms with Gasteiger partial charge < -0.3 is 18.9 Å². The maximum absolute atomic E-state index is 13.2. The Morgan fingerprint density at radius 2 is 1.76 bits per heavy atom. The van der Waals surface area contributed by atoms with E-state index >= 15 is 0 Å². The average Bonchev–Trinajstić information content (AvgIpc) is 3.40. The van der Waals surface area contributed by atoms with Gasteiger partial charge in [0.25, 0.3) is 0 Å². The van der Waals surface area contributed by atoms with Crippen LogP contribution >= 0.6 is 0 Å². The zero-order chi connectivity index (χ0) is 22.5. The molecular weight excluding hydrogens is 418 g/mol. The van der Waals surface area contributed by atoms with Crippen LogP contribution in [0.15, 0.2) is 54.3 Å². The first-order valence-corrected chi connectivity index (χ1v) is 11.0. The lowest BCUT2D eigenvalue weighted by molar-refractivity contribution is 0.0876. The van der Waals surface area contributed by atoms with Gasteiger partial charge in [0, 0.05) is 24.2 Å². The summed E-state index contributed by atoms with van der Waals surface area (Å²) in [5, 5.41) is 0. The Bertz CT molecular complexity index is 1310. The molecule has 0 amide bonds. The second-order valence-corrected chi connectivity index (χ2v) is 8.67.